The van der Waals surface area contributed by atoms with Crippen LogP contribution in [0.4, 0.5) is 5.69 Å². The van der Waals surface area contributed by atoms with Crippen molar-refractivity contribution in [3.8, 4) is 11.5 Å². The highest BCUT2D eigenvalue weighted by Crippen LogP contribution is 2.26. The third-order valence-electron chi connectivity index (χ3n) is 4.42. The first-order chi connectivity index (χ1) is 13.6. The first-order valence-corrected chi connectivity index (χ1v) is 11.1. The van der Waals surface area contributed by atoms with Gasteiger partial charge in [0.05, 0.1) is 25.6 Å². The molecule has 1 N–H and O–H groups in total. The molecule has 158 valence electrons. The molecule has 2 rings (SSSR count). The maximum Gasteiger partial charge on any atom is 0.243 e. The van der Waals surface area contributed by atoms with Crippen molar-refractivity contribution in [3.63, 3.8) is 0 Å². The number of anilines is 1. The van der Waals surface area contributed by atoms with Crippen molar-refractivity contribution < 1.29 is 22.7 Å². The van der Waals surface area contributed by atoms with E-state index >= 15 is 0 Å². The molecule has 0 saturated heterocycles. The zero-order valence-electron chi connectivity index (χ0n) is 17.4. The van der Waals surface area contributed by atoms with Crippen molar-refractivity contribution >= 4 is 21.6 Å². The summed E-state index contributed by atoms with van der Waals surface area (Å²) in [5, 5.41) is 2.74. The molecule has 0 aliphatic rings. The number of benzene rings is 2. The smallest absolute Gasteiger partial charge is 0.243 e. The van der Waals surface area contributed by atoms with E-state index in [1.165, 1.54) is 0 Å². The fourth-order valence-corrected chi connectivity index (χ4v) is 4.12. The Morgan fingerprint density at radius 1 is 1.10 bits per heavy atom. The molecule has 7 nitrogen and oxygen atoms in total. The summed E-state index contributed by atoms with van der Waals surface area (Å²) >= 11 is 0. The fraction of sp³-hybridized carbons (Fsp3) is 0.381. The number of carbonyl (C=O) groups is 1. The molecule has 0 aliphatic heterocycles. The third kappa shape index (κ3) is 6.12. The summed E-state index contributed by atoms with van der Waals surface area (Å²) in [5.41, 5.74) is 2.20. The Morgan fingerprint density at radius 2 is 1.72 bits per heavy atom. The van der Waals surface area contributed by atoms with Gasteiger partial charge in [0.2, 0.25) is 15.9 Å². The van der Waals surface area contributed by atoms with Crippen LogP contribution in [0, 0.1) is 13.8 Å². The predicted molar refractivity (Wildman–Crippen MR) is 114 cm³/mol. The number of nitrogens with zero attached hydrogens (tertiary/aromatic N) is 1. The Morgan fingerprint density at radius 3 is 2.31 bits per heavy atom. The number of carbonyl (C=O) groups excluding carboxylic acids is 1. The lowest BCUT2D eigenvalue weighted by molar-refractivity contribution is -0.121. The van der Waals surface area contributed by atoms with Crippen molar-refractivity contribution in [1.29, 1.82) is 0 Å². The van der Waals surface area contributed by atoms with Gasteiger partial charge in [-0.2, -0.15) is 0 Å². The maximum atomic E-state index is 12.6. The number of rotatable bonds is 9. The van der Waals surface area contributed by atoms with Gasteiger partial charge >= 0.3 is 0 Å². The summed E-state index contributed by atoms with van der Waals surface area (Å²) in [7, 11) is -2.06. The first kappa shape index (κ1) is 22.5. The van der Waals surface area contributed by atoms with Crippen LogP contribution in [0.25, 0.3) is 0 Å². The van der Waals surface area contributed by atoms with Crippen molar-refractivity contribution in [2.45, 2.75) is 26.8 Å². The lowest BCUT2D eigenvalue weighted by Crippen LogP contribution is -2.48. The summed E-state index contributed by atoms with van der Waals surface area (Å²) in [6, 6.07) is 11.7. The number of hydrogen-bond acceptors (Lipinski definition) is 5. The molecule has 0 aromatic heterocycles. The zero-order chi connectivity index (χ0) is 21.6. The van der Waals surface area contributed by atoms with Crippen LogP contribution >= 0.6 is 0 Å². The van der Waals surface area contributed by atoms with Gasteiger partial charge in [-0.3, -0.25) is 9.10 Å². The summed E-state index contributed by atoms with van der Waals surface area (Å²) in [4.78, 5) is 12.6. The molecular weight excluding hydrogens is 392 g/mol. The molecule has 0 aliphatic carbocycles. The lowest BCUT2D eigenvalue weighted by atomic mass is 10.1. The quantitative estimate of drug-likeness (QED) is 0.631. The van der Waals surface area contributed by atoms with Crippen molar-refractivity contribution in [1.82, 2.24) is 5.32 Å². The molecule has 2 aromatic carbocycles. The van der Waals surface area contributed by atoms with E-state index in [1.54, 1.807) is 44.4 Å². The Bertz CT molecular complexity index is 942. The van der Waals surface area contributed by atoms with Gasteiger partial charge in [0.25, 0.3) is 0 Å². The SMILES string of the molecule is COc1ccc(OCCNC(=O)C(C)N(c2cc(C)ccc2C)S(C)(=O)=O)cc1. The van der Waals surface area contributed by atoms with Crippen LogP contribution in [0.3, 0.4) is 0 Å². The predicted octanol–water partition coefficient (Wildman–Crippen LogP) is 2.66. The largest absolute Gasteiger partial charge is 0.497 e. The number of hydrogen-bond donors (Lipinski definition) is 1. The number of sulfonamides is 1. The van der Waals surface area contributed by atoms with E-state index in [0.29, 0.717) is 11.4 Å². The molecule has 0 heterocycles. The van der Waals surface area contributed by atoms with Gasteiger partial charge in [0.1, 0.15) is 24.1 Å². The second-order valence-electron chi connectivity index (χ2n) is 6.84. The highest BCUT2D eigenvalue weighted by Gasteiger charge is 2.30. The number of nitrogens with one attached hydrogen (secondary N) is 1. The molecule has 1 amide bonds. The Hall–Kier alpha value is -2.74. The van der Waals surface area contributed by atoms with Crippen LogP contribution in [-0.2, 0) is 14.8 Å². The molecule has 0 fully saturated rings. The van der Waals surface area contributed by atoms with Crippen LogP contribution in [0.5, 0.6) is 11.5 Å². The van der Waals surface area contributed by atoms with Crippen molar-refractivity contribution in [3.05, 3.63) is 53.6 Å². The molecule has 0 radical (unpaired) electrons. The summed E-state index contributed by atoms with van der Waals surface area (Å²) in [6.45, 7) is 5.78. The molecule has 29 heavy (non-hydrogen) atoms. The van der Waals surface area contributed by atoms with Gasteiger partial charge in [-0.05, 0) is 62.2 Å². The average molecular weight is 421 g/mol. The van der Waals surface area contributed by atoms with Gasteiger partial charge in [0.15, 0.2) is 0 Å². The van der Waals surface area contributed by atoms with Gasteiger partial charge in [0, 0.05) is 0 Å². The Labute approximate surface area is 172 Å². The molecule has 1 atom stereocenters. The van der Waals surface area contributed by atoms with E-state index in [1.807, 2.05) is 26.0 Å². The standard InChI is InChI=1S/C21H28N2O5S/c1-15-6-7-16(2)20(14-15)23(29(5,25)26)17(3)21(24)22-12-13-28-19-10-8-18(27-4)9-11-19/h6-11,14,17H,12-13H2,1-5H3,(H,22,24). The summed E-state index contributed by atoms with van der Waals surface area (Å²) in [5.74, 6) is 0.989. The third-order valence-corrected chi connectivity index (χ3v) is 5.65. The maximum absolute atomic E-state index is 12.6. The Balaban J connectivity index is 2.01. The number of amides is 1. The van der Waals surface area contributed by atoms with Crippen LogP contribution in [0.2, 0.25) is 0 Å². The van der Waals surface area contributed by atoms with Gasteiger partial charge in [-0.25, -0.2) is 8.42 Å². The molecule has 2 aromatic rings. The van der Waals surface area contributed by atoms with E-state index in [2.05, 4.69) is 5.32 Å². The minimum Gasteiger partial charge on any atom is -0.497 e. The molecule has 0 saturated carbocycles. The van der Waals surface area contributed by atoms with Gasteiger partial charge in [-0.15, -0.1) is 0 Å². The second-order valence-corrected chi connectivity index (χ2v) is 8.70. The first-order valence-electron chi connectivity index (χ1n) is 9.24. The van der Waals surface area contributed by atoms with Crippen LogP contribution in [-0.4, -0.2) is 46.9 Å². The molecule has 0 spiro atoms. The monoisotopic (exact) mass is 420 g/mol. The van der Waals surface area contributed by atoms with Crippen LogP contribution < -0.4 is 19.1 Å². The summed E-state index contributed by atoms with van der Waals surface area (Å²) < 4.78 is 36.7. The van der Waals surface area contributed by atoms with E-state index in [9.17, 15) is 13.2 Å². The second kappa shape index (κ2) is 9.65. The highest BCUT2D eigenvalue weighted by atomic mass is 32.2. The number of ether oxygens (including phenoxy) is 2. The van der Waals surface area contributed by atoms with E-state index in [0.717, 1.165) is 27.4 Å². The summed E-state index contributed by atoms with van der Waals surface area (Å²) in [6.07, 6.45) is 1.10. The minimum absolute atomic E-state index is 0.250. The van der Waals surface area contributed by atoms with E-state index < -0.39 is 22.0 Å². The topological polar surface area (TPSA) is 84.9 Å². The van der Waals surface area contributed by atoms with E-state index in [4.69, 9.17) is 9.47 Å². The fourth-order valence-electron chi connectivity index (χ4n) is 2.90. The molecule has 1 unspecified atom stereocenters. The van der Waals surface area contributed by atoms with Crippen molar-refractivity contribution in [2.24, 2.45) is 0 Å². The van der Waals surface area contributed by atoms with E-state index in [-0.39, 0.29) is 13.2 Å². The lowest BCUT2D eigenvalue weighted by Gasteiger charge is -2.29. The molecular formula is C21H28N2O5S. The average Bonchev–Trinajstić information content (AvgIpc) is 2.67. The van der Waals surface area contributed by atoms with Gasteiger partial charge in [-0.1, -0.05) is 12.1 Å². The highest BCUT2D eigenvalue weighted by molar-refractivity contribution is 7.92. The number of methoxy groups -OCH3 is 1. The molecule has 0 bridgehead atoms. The zero-order valence-corrected chi connectivity index (χ0v) is 18.2. The number of aryl methyl sites for hydroxylation is 2. The van der Waals surface area contributed by atoms with Gasteiger partial charge < -0.3 is 14.8 Å². The molecule has 8 heteroatoms. The van der Waals surface area contributed by atoms with Crippen LogP contribution in [0.1, 0.15) is 18.1 Å². The minimum atomic E-state index is -3.65. The van der Waals surface area contributed by atoms with Crippen LogP contribution in [0.15, 0.2) is 42.5 Å². The van der Waals surface area contributed by atoms with Crippen molar-refractivity contribution in [2.75, 3.05) is 30.8 Å². The normalized spacial score (nSPS) is 12.2. The Kier molecular flexibility index (Phi) is 7.50.